The Morgan fingerprint density at radius 3 is 2.91 bits per heavy atom. The normalized spacial score (nSPS) is 12.2. The Morgan fingerprint density at radius 1 is 1.30 bits per heavy atom. The van der Waals surface area contributed by atoms with E-state index in [1.54, 1.807) is 18.2 Å². The number of H-pyrrole nitrogens is 1. The quantitative estimate of drug-likeness (QED) is 0.668. The molecule has 1 heterocycles. The van der Waals surface area contributed by atoms with E-state index in [4.69, 9.17) is 0 Å². The zero-order chi connectivity index (χ0) is 16.2. The number of benzene rings is 2. The van der Waals surface area contributed by atoms with Crippen LogP contribution in [0.3, 0.4) is 0 Å². The number of anilines is 1. The number of aromatic nitrogens is 2. The molecule has 3 rings (SSSR count). The van der Waals surface area contributed by atoms with E-state index >= 15 is 0 Å². The molecule has 0 spiro atoms. The maximum Gasteiger partial charge on any atom is 0.234 e. The lowest BCUT2D eigenvalue weighted by Crippen LogP contribution is -2.14. The van der Waals surface area contributed by atoms with Gasteiger partial charge in [0.2, 0.25) is 5.91 Å². The third kappa shape index (κ3) is 3.84. The Hall–Kier alpha value is -2.47. The molecule has 0 fully saturated rings. The topological polar surface area (TPSA) is 78.0 Å². The first-order valence-corrected chi connectivity index (χ1v) is 8.32. The van der Waals surface area contributed by atoms with Gasteiger partial charge in [-0.15, -0.1) is 11.8 Å². The number of aromatic amines is 1. The molecule has 0 radical (unpaired) electrons. The summed E-state index contributed by atoms with van der Waals surface area (Å²) in [7, 11) is 0. The fraction of sp³-hybridized carbons (Fsp3) is 0.176. The molecule has 0 bridgehead atoms. The van der Waals surface area contributed by atoms with Crippen molar-refractivity contribution in [2.24, 2.45) is 0 Å². The van der Waals surface area contributed by atoms with Gasteiger partial charge in [0.25, 0.3) is 0 Å². The minimum absolute atomic E-state index is 0.0809. The van der Waals surface area contributed by atoms with Gasteiger partial charge >= 0.3 is 0 Å². The van der Waals surface area contributed by atoms with E-state index in [2.05, 4.69) is 15.3 Å². The standard InChI is InChI=1S/C17H17N3O2S/c1-11(17-19-14-7-2-3-8-15(14)20-17)23-10-16(22)18-12-5-4-6-13(21)9-12/h2-9,11,21H,10H2,1H3,(H,18,22)(H,19,20). The summed E-state index contributed by atoms with van der Waals surface area (Å²) in [6, 6.07) is 14.4. The van der Waals surface area contributed by atoms with E-state index in [9.17, 15) is 9.90 Å². The first-order valence-electron chi connectivity index (χ1n) is 7.27. The minimum Gasteiger partial charge on any atom is -0.508 e. The lowest BCUT2D eigenvalue weighted by Gasteiger charge is -2.09. The van der Waals surface area contributed by atoms with E-state index in [-0.39, 0.29) is 16.9 Å². The maximum atomic E-state index is 12.0. The Bertz CT molecular complexity index is 798. The predicted molar refractivity (Wildman–Crippen MR) is 93.7 cm³/mol. The number of para-hydroxylation sites is 2. The third-order valence-electron chi connectivity index (χ3n) is 3.39. The molecule has 0 aliphatic heterocycles. The number of nitrogens with zero attached hydrogens (tertiary/aromatic N) is 1. The van der Waals surface area contributed by atoms with Crippen LogP contribution in [0.1, 0.15) is 18.0 Å². The van der Waals surface area contributed by atoms with Gasteiger partial charge in [-0.1, -0.05) is 18.2 Å². The van der Waals surface area contributed by atoms with Gasteiger partial charge in [0.15, 0.2) is 0 Å². The number of thioether (sulfide) groups is 1. The van der Waals surface area contributed by atoms with Gasteiger partial charge in [0.05, 0.1) is 22.0 Å². The molecule has 2 aromatic carbocycles. The van der Waals surface area contributed by atoms with Crippen molar-refractivity contribution in [1.82, 2.24) is 9.97 Å². The number of phenolic OH excluding ortho intramolecular Hbond substituents is 1. The number of rotatable bonds is 5. The molecule has 5 nitrogen and oxygen atoms in total. The van der Waals surface area contributed by atoms with Crippen molar-refractivity contribution < 1.29 is 9.90 Å². The van der Waals surface area contributed by atoms with Crippen molar-refractivity contribution in [2.75, 3.05) is 11.1 Å². The second-order valence-electron chi connectivity index (χ2n) is 5.19. The van der Waals surface area contributed by atoms with Crippen LogP contribution in [0.4, 0.5) is 5.69 Å². The van der Waals surface area contributed by atoms with E-state index in [1.807, 2.05) is 31.2 Å². The van der Waals surface area contributed by atoms with E-state index in [0.29, 0.717) is 11.4 Å². The highest BCUT2D eigenvalue weighted by atomic mass is 32.2. The van der Waals surface area contributed by atoms with Crippen LogP contribution < -0.4 is 5.32 Å². The van der Waals surface area contributed by atoms with Crippen LogP contribution in [-0.2, 0) is 4.79 Å². The number of hydrogen-bond acceptors (Lipinski definition) is 4. The van der Waals surface area contributed by atoms with E-state index < -0.39 is 0 Å². The summed E-state index contributed by atoms with van der Waals surface area (Å²) < 4.78 is 0. The number of fused-ring (bicyclic) bond motifs is 1. The SMILES string of the molecule is CC(SCC(=O)Nc1cccc(O)c1)c1nc2ccccc2[nH]1. The van der Waals surface area contributed by atoms with Crippen LogP contribution in [0.25, 0.3) is 11.0 Å². The fourth-order valence-corrected chi connectivity index (χ4v) is 2.97. The van der Waals surface area contributed by atoms with Gasteiger partial charge < -0.3 is 15.4 Å². The molecule has 118 valence electrons. The molecule has 1 aromatic heterocycles. The van der Waals surface area contributed by atoms with Gasteiger partial charge in [0.1, 0.15) is 11.6 Å². The number of nitrogens with one attached hydrogen (secondary N) is 2. The number of imidazole rings is 1. The number of carbonyl (C=O) groups is 1. The Kier molecular flexibility index (Phi) is 4.52. The minimum atomic E-state index is -0.108. The molecule has 1 atom stereocenters. The molecule has 6 heteroatoms. The molecule has 1 unspecified atom stereocenters. The van der Waals surface area contributed by atoms with Gasteiger partial charge in [0, 0.05) is 11.8 Å². The second kappa shape index (κ2) is 6.75. The summed E-state index contributed by atoms with van der Waals surface area (Å²) in [6.07, 6.45) is 0. The molecule has 3 aromatic rings. The highest BCUT2D eigenvalue weighted by molar-refractivity contribution is 8.00. The van der Waals surface area contributed by atoms with Crippen LogP contribution in [-0.4, -0.2) is 26.7 Å². The molecule has 0 aliphatic rings. The lowest BCUT2D eigenvalue weighted by atomic mass is 10.3. The highest BCUT2D eigenvalue weighted by Crippen LogP contribution is 2.27. The number of carbonyl (C=O) groups excluding carboxylic acids is 1. The first kappa shape index (κ1) is 15.4. The molecule has 0 saturated heterocycles. The Labute approximate surface area is 138 Å². The third-order valence-corrected chi connectivity index (χ3v) is 4.54. The molecule has 1 amide bonds. The van der Waals surface area contributed by atoms with Crippen molar-refractivity contribution in [3.8, 4) is 5.75 Å². The average molecular weight is 327 g/mol. The van der Waals surface area contributed by atoms with Crippen LogP contribution in [0.2, 0.25) is 0 Å². The first-order chi connectivity index (χ1) is 11.1. The summed E-state index contributed by atoms with van der Waals surface area (Å²) in [5.74, 6) is 1.20. The van der Waals surface area contributed by atoms with Crippen LogP contribution in [0, 0.1) is 0 Å². The molecule has 23 heavy (non-hydrogen) atoms. The van der Waals surface area contributed by atoms with Crippen molar-refractivity contribution in [3.63, 3.8) is 0 Å². The second-order valence-corrected chi connectivity index (χ2v) is 6.52. The smallest absolute Gasteiger partial charge is 0.234 e. The van der Waals surface area contributed by atoms with Crippen molar-refractivity contribution >= 4 is 34.4 Å². The lowest BCUT2D eigenvalue weighted by molar-refractivity contribution is -0.113. The van der Waals surface area contributed by atoms with Gasteiger partial charge in [-0.2, -0.15) is 0 Å². The monoisotopic (exact) mass is 327 g/mol. The van der Waals surface area contributed by atoms with Crippen molar-refractivity contribution in [2.45, 2.75) is 12.2 Å². The van der Waals surface area contributed by atoms with Crippen molar-refractivity contribution in [3.05, 3.63) is 54.4 Å². The predicted octanol–water partition coefficient (Wildman–Crippen LogP) is 3.70. The number of aromatic hydroxyl groups is 1. The molecule has 0 aliphatic carbocycles. The summed E-state index contributed by atoms with van der Waals surface area (Å²) >= 11 is 1.51. The summed E-state index contributed by atoms with van der Waals surface area (Å²) in [5.41, 5.74) is 2.52. The molecule has 3 N–H and O–H groups in total. The Morgan fingerprint density at radius 2 is 2.13 bits per heavy atom. The molecule has 0 saturated carbocycles. The zero-order valence-electron chi connectivity index (χ0n) is 12.6. The highest BCUT2D eigenvalue weighted by Gasteiger charge is 2.13. The maximum absolute atomic E-state index is 12.0. The largest absolute Gasteiger partial charge is 0.508 e. The van der Waals surface area contributed by atoms with E-state index in [1.165, 1.54) is 17.8 Å². The van der Waals surface area contributed by atoms with Gasteiger partial charge in [-0.25, -0.2) is 4.98 Å². The number of amides is 1. The van der Waals surface area contributed by atoms with E-state index in [0.717, 1.165) is 16.9 Å². The fourth-order valence-electron chi connectivity index (χ4n) is 2.23. The van der Waals surface area contributed by atoms with Crippen LogP contribution in [0.5, 0.6) is 5.75 Å². The van der Waals surface area contributed by atoms with Crippen LogP contribution >= 0.6 is 11.8 Å². The zero-order valence-corrected chi connectivity index (χ0v) is 13.4. The summed E-state index contributed by atoms with van der Waals surface area (Å²) in [6.45, 7) is 2.02. The summed E-state index contributed by atoms with van der Waals surface area (Å²) in [5, 5.41) is 12.2. The molecular weight excluding hydrogens is 310 g/mol. The number of hydrogen-bond donors (Lipinski definition) is 3. The Balaban J connectivity index is 1.57. The van der Waals surface area contributed by atoms with Gasteiger partial charge in [-0.05, 0) is 31.2 Å². The number of phenols is 1. The average Bonchev–Trinajstić information content (AvgIpc) is 2.97. The van der Waals surface area contributed by atoms with Crippen molar-refractivity contribution in [1.29, 1.82) is 0 Å². The summed E-state index contributed by atoms with van der Waals surface area (Å²) in [4.78, 5) is 19.8. The van der Waals surface area contributed by atoms with Crippen LogP contribution in [0.15, 0.2) is 48.5 Å². The molecular formula is C17H17N3O2S. The van der Waals surface area contributed by atoms with Gasteiger partial charge in [-0.3, -0.25) is 4.79 Å².